The van der Waals surface area contributed by atoms with Crippen LogP contribution in [0.1, 0.15) is 40.5 Å². The Kier molecular flexibility index (Phi) is 5.51. The molecule has 1 aliphatic rings. The van der Waals surface area contributed by atoms with E-state index in [2.05, 4.69) is 5.10 Å². The first-order valence-electron chi connectivity index (χ1n) is 10.4. The second kappa shape index (κ2) is 8.06. The summed E-state index contributed by atoms with van der Waals surface area (Å²) in [6, 6.07) is 11.9. The Morgan fingerprint density at radius 2 is 1.85 bits per heavy atom. The number of carboxylic acids is 1. The Balaban J connectivity index is 1.80. The molecule has 172 valence electrons. The number of fused-ring (bicyclic) bond motifs is 1. The summed E-state index contributed by atoms with van der Waals surface area (Å²) in [6.45, 7) is 3.29. The lowest BCUT2D eigenvalue weighted by molar-refractivity contribution is -0.148. The molecule has 0 fully saturated rings. The van der Waals surface area contributed by atoms with Crippen LogP contribution in [-0.4, -0.2) is 33.3 Å². The monoisotopic (exact) mass is 457 g/mol. The molecule has 2 aromatic carbocycles. The SMILES string of the molecule is Cc1ccn(-c2ccc(C(=O)N3CCC(C)(C(=O)O)Cc4ccccc43)c(C(F)(F)F)c2)n1. The summed E-state index contributed by atoms with van der Waals surface area (Å²) >= 11 is 0. The van der Waals surface area contributed by atoms with Gasteiger partial charge in [-0.1, -0.05) is 18.2 Å². The number of aromatic nitrogens is 2. The predicted molar refractivity (Wildman–Crippen MR) is 115 cm³/mol. The number of alkyl halides is 3. The highest BCUT2D eigenvalue weighted by atomic mass is 19.4. The number of aliphatic carboxylic acids is 1. The third-order valence-electron chi connectivity index (χ3n) is 6.04. The number of amides is 1. The predicted octanol–water partition coefficient (Wildman–Crippen LogP) is 4.88. The first-order chi connectivity index (χ1) is 15.5. The molecule has 1 N–H and O–H groups in total. The molecule has 0 saturated heterocycles. The van der Waals surface area contributed by atoms with Gasteiger partial charge in [-0.25, -0.2) is 4.68 Å². The van der Waals surface area contributed by atoms with E-state index in [4.69, 9.17) is 0 Å². The molecule has 0 aliphatic carbocycles. The Hall–Kier alpha value is -3.62. The number of benzene rings is 2. The quantitative estimate of drug-likeness (QED) is 0.608. The van der Waals surface area contributed by atoms with Crippen molar-refractivity contribution >= 4 is 17.6 Å². The van der Waals surface area contributed by atoms with E-state index in [1.54, 1.807) is 50.4 Å². The van der Waals surface area contributed by atoms with Gasteiger partial charge in [0.05, 0.1) is 27.9 Å². The van der Waals surface area contributed by atoms with Crippen molar-refractivity contribution < 1.29 is 27.9 Å². The number of para-hydroxylation sites is 1. The van der Waals surface area contributed by atoms with Crippen molar-refractivity contribution in [1.29, 1.82) is 0 Å². The second-order valence-electron chi connectivity index (χ2n) is 8.51. The zero-order valence-corrected chi connectivity index (χ0v) is 18.1. The van der Waals surface area contributed by atoms with E-state index >= 15 is 0 Å². The molecule has 0 radical (unpaired) electrons. The number of nitrogens with zero attached hydrogens (tertiary/aromatic N) is 3. The molecule has 9 heteroatoms. The number of carbonyl (C=O) groups is 2. The van der Waals surface area contributed by atoms with Gasteiger partial charge in [0.25, 0.3) is 5.91 Å². The van der Waals surface area contributed by atoms with E-state index in [0.29, 0.717) is 16.9 Å². The summed E-state index contributed by atoms with van der Waals surface area (Å²) in [7, 11) is 0. The Labute approximate surface area is 188 Å². The van der Waals surface area contributed by atoms with Gasteiger partial charge >= 0.3 is 12.1 Å². The van der Waals surface area contributed by atoms with Gasteiger partial charge in [0.2, 0.25) is 0 Å². The maximum atomic E-state index is 14.0. The fourth-order valence-electron chi connectivity index (χ4n) is 4.10. The molecule has 6 nitrogen and oxygen atoms in total. The van der Waals surface area contributed by atoms with E-state index in [1.165, 1.54) is 15.6 Å². The van der Waals surface area contributed by atoms with Gasteiger partial charge in [-0.15, -0.1) is 0 Å². The summed E-state index contributed by atoms with van der Waals surface area (Å²) in [6.07, 6.45) is -2.95. The fourth-order valence-corrected chi connectivity index (χ4v) is 4.10. The zero-order chi connectivity index (χ0) is 24.0. The van der Waals surface area contributed by atoms with E-state index in [-0.39, 0.29) is 25.1 Å². The van der Waals surface area contributed by atoms with Crippen LogP contribution < -0.4 is 4.90 Å². The van der Waals surface area contributed by atoms with Crippen LogP contribution in [0, 0.1) is 12.3 Å². The largest absolute Gasteiger partial charge is 0.481 e. The van der Waals surface area contributed by atoms with Crippen LogP contribution in [0.5, 0.6) is 0 Å². The van der Waals surface area contributed by atoms with Crippen LogP contribution in [0.25, 0.3) is 5.69 Å². The molecule has 3 aromatic rings. The Bertz CT molecular complexity index is 1230. The van der Waals surface area contributed by atoms with Crippen molar-refractivity contribution in [3.05, 3.63) is 77.1 Å². The van der Waals surface area contributed by atoms with E-state index < -0.39 is 34.6 Å². The Morgan fingerprint density at radius 3 is 2.48 bits per heavy atom. The average molecular weight is 457 g/mol. The highest BCUT2D eigenvalue weighted by molar-refractivity contribution is 6.08. The molecule has 4 rings (SSSR count). The van der Waals surface area contributed by atoms with Crippen LogP contribution in [0.4, 0.5) is 18.9 Å². The number of hydrogen-bond donors (Lipinski definition) is 1. The molecule has 0 saturated carbocycles. The number of rotatable bonds is 3. The third kappa shape index (κ3) is 4.22. The van der Waals surface area contributed by atoms with Crippen LogP contribution in [0.3, 0.4) is 0 Å². The normalized spacial score (nSPS) is 18.5. The molecule has 1 atom stereocenters. The third-order valence-corrected chi connectivity index (χ3v) is 6.04. The number of aryl methyl sites for hydroxylation is 1. The molecular formula is C24H22F3N3O3. The summed E-state index contributed by atoms with van der Waals surface area (Å²) in [5.41, 5.74) is -0.851. The maximum absolute atomic E-state index is 14.0. The lowest BCUT2D eigenvalue weighted by Gasteiger charge is -2.25. The van der Waals surface area contributed by atoms with Crippen LogP contribution in [0.2, 0.25) is 0 Å². The van der Waals surface area contributed by atoms with Gasteiger partial charge in [0.1, 0.15) is 0 Å². The van der Waals surface area contributed by atoms with Crippen molar-refractivity contribution in [2.45, 2.75) is 32.9 Å². The summed E-state index contributed by atoms with van der Waals surface area (Å²) in [5, 5.41) is 13.9. The average Bonchev–Trinajstić information content (AvgIpc) is 3.12. The molecule has 1 aliphatic heterocycles. The lowest BCUT2D eigenvalue weighted by atomic mass is 9.81. The van der Waals surface area contributed by atoms with Gasteiger partial charge in [-0.3, -0.25) is 9.59 Å². The van der Waals surface area contributed by atoms with Crippen LogP contribution in [0.15, 0.2) is 54.7 Å². The highest BCUT2D eigenvalue weighted by Crippen LogP contribution is 2.39. The van der Waals surface area contributed by atoms with E-state index in [9.17, 15) is 27.9 Å². The number of hydrogen-bond acceptors (Lipinski definition) is 3. The molecule has 1 unspecified atom stereocenters. The molecule has 0 spiro atoms. The number of carbonyl (C=O) groups excluding carboxylic acids is 1. The second-order valence-corrected chi connectivity index (χ2v) is 8.51. The smallest absolute Gasteiger partial charge is 0.417 e. The van der Waals surface area contributed by atoms with Gasteiger partial charge in [-0.2, -0.15) is 18.3 Å². The summed E-state index contributed by atoms with van der Waals surface area (Å²) in [5.74, 6) is -1.84. The van der Waals surface area contributed by atoms with Gasteiger partial charge in [-0.05, 0) is 62.6 Å². The first kappa shape index (κ1) is 22.6. The number of carboxylic acid groups (broad SMARTS) is 1. The minimum absolute atomic E-state index is 0.0178. The molecule has 1 aromatic heterocycles. The minimum Gasteiger partial charge on any atom is -0.481 e. The van der Waals surface area contributed by atoms with Crippen molar-refractivity contribution in [2.75, 3.05) is 11.4 Å². The number of anilines is 1. The highest BCUT2D eigenvalue weighted by Gasteiger charge is 2.41. The van der Waals surface area contributed by atoms with E-state index in [1.807, 2.05) is 0 Å². The summed E-state index contributed by atoms with van der Waals surface area (Å²) < 4.78 is 43.3. The first-order valence-corrected chi connectivity index (χ1v) is 10.4. The lowest BCUT2D eigenvalue weighted by Crippen LogP contribution is -2.36. The van der Waals surface area contributed by atoms with E-state index in [0.717, 1.165) is 12.1 Å². The fraction of sp³-hybridized carbons (Fsp3) is 0.292. The molecular weight excluding hydrogens is 435 g/mol. The topological polar surface area (TPSA) is 75.4 Å². The van der Waals surface area contributed by atoms with Crippen molar-refractivity contribution in [3.63, 3.8) is 0 Å². The van der Waals surface area contributed by atoms with Crippen molar-refractivity contribution in [2.24, 2.45) is 5.41 Å². The van der Waals surface area contributed by atoms with Gasteiger partial charge in [0, 0.05) is 18.4 Å². The molecule has 0 bridgehead atoms. The van der Waals surface area contributed by atoms with Crippen molar-refractivity contribution in [1.82, 2.24) is 9.78 Å². The zero-order valence-electron chi connectivity index (χ0n) is 18.1. The van der Waals surface area contributed by atoms with Gasteiger partial charge < -0.3 is 10.0 Å². The molecule has 1 amide bonds. The van der Waals surface area contributed by atoms with Crippen LogP contribution >= 0.6 is 0 Å². The summed E-state index contributed by atoms with van der Waals surface area (Å²) in [4.78, 5) is 26.6. The standard InChI is InChI=1S/C24H22F3N3O3/c1-15-9-11-30(28-15)17-7-8-18(19(13-17)24(25,26)27)21(31)29-12-10-23(2,22(32)33)14-16-5-3-4-6-20(16)29/h3-9,11,13H,10,12,14H2,1-2H3,(H,32,33). The Morgan fingerprint density at radius 1 is 1.12 bits per heavy atom. The molecule has 33 heavy (non-hydrogen) atoms. The van der Waals surface area contributed by atoms with Gasteiger partial charge in [0.15, 0.2) is 0 Å². The maximum Gasteiger partial charge on any atom is 0.417 e. The number of halogens is 3. The van der Waals surface area contributed by atoms with Crippen LogP contribution in [-0.2, 0) is 17.4 Å². The van der Waals surface area contributed by atoms with Crippen molar-refractivity contribution in [3.8, 4) is 5.69 Å². The minimum atomic E-state index is -4.77. The molecule has 2 heterocycles.